The number of thioether (sulfide) groups is 1. The third kappa shape index (κ3) is 5.95. The molecular weight excluding hydrogens is 548 g/mol. The van der Waals surface area contributed by atoms with Gasteiger partial charge in [-0.3, -0.25) is 19.0 Å². The quantitative estimate of drug-likeness (QED) is 0.0800. The van der Waals surface area contributed by atoms with E-state index >= 15 is 0 Å². The maximum atomic E-state index is 13.8. The summed E-state index contributed by atoms with van der Waals surface area (Å²) >= 11 is 2.78. The number of amides is 1. The van der Waals surface area contributed by atoms with Gasteiger partial charge in [-0.25, -0.2) is 10.4 Å². The molecule has 9 nitrogen and oxygen atoms in total. The molecule has 206 valence electrons. The van der Waals surface area contributed by atoms with Crippen LogP contribution in [0.3, 0.4) is 0 Å². The number of esters is 1. The Morgan fingerprint density at radius 1 is 1.15 bits per heavy atom. The maximum absolute atomic E-state index is 13.8. The van der Waals surface area contributed by atoms with Gasteiger partial charge in [0.25, 0.3) is 11.5 Å². The summed E-state index contributed by atoms with van der Waals surface area (Å²) in [6, 6.07) is 12.6. The highest BCUT2D eigenvalue weighted by atomic mass is 32.2. The van der Waals surface area contributed by atoms with Crippen LogP contribution in [0, 0.1) is 6.92 Å². The molecular formula is C29H28N4O5S2. The number of methoxy groups -OCH3 is 1. The van der Waals surface area contributed by atoms with Crippen LogP contribution in [0.2, 0.25) is 0 Å². The second-order valence-electron chi connectivity index (χ2n) is 9.35. The monoisotopic (exact) mass is 576 g/mol. The van der Waals surface area contributed by atoms with Crippen LogP contribution in [-0.4, -0.2) is 40.5 Å². The summed E-state index contributed by atoms with van der Waals surface area (Å²) in [5.41, 5.74) is 5.99. The summed E-state index contributed by atoms with van der Waals surface area (Å²) < 4.78 is 12.0. The minimum absolute atomic E-state index is 0.0148. The molecule has 2 aromatic heterocycles. The van der Waals surface area contributed by atoms with Crippen LogP contribution in [-0.2, 0) is 22.4 Å². The first-order valence-corrected chi connectivity index (χ1v) is 14.6. The predicted octanol–water partition coefficient (Wildman–Crippen LogP) is 4.81. The molecule has 0 unspecified atom stereocenters. The molecule has 1 amide bonds. The highest BCUT2D eigenvalue weighted by Gasteiger charge is 2.23. The number of ether oxygens (including phenoxy) is 2. The normalized spacial score (nSPS) is 12.9. The number of benzene rings is 2. The van der Waals surface area contributed by atoms with Gasteiger partial charge in [0.2, 0.25) is 0 Å². The number of hydrogen-bond acceptors (Lipinski definition) is 9. The molecule has 1 aliphatic rings. The van der Waals surface area contributed by atoms with Crippen LogP contribution in [0.15, 0.2) is 57.5 Å². The average molecular weight is 577 g/mol. The first kappa shape index (κ1) is 27.6. The van der Waals surface area contributed by atoms with Crippen LogP contribution in [0.1, 0.15) is 41.3 Å². The molecule has 0 aliphatic heterocycles. The van der Waals surface area contributed by atoms with E-state index in [0.29, 0.717) is 33.3 Å². The largest absolute Gasteiger partial charge is 0.493 e. The summed E-state index contributed by atoms with van der Waals surface area (Å²) in [7, 11) is 1.47. The lowest BCUT2D eigenvalue weighted by Gasteiger charge is -2.13. The van der Waals surface area contributed by atoms with Crippen molar-refractivity contribution in [2.45, 2.75) is 44.7 Å². The number of nitrogens with one attached hydrogen (secondary N) is 1. The van der Waals surface area contributed by atoms with Gasteiger partial charge in [-0.15, -0.1) is 11.3 Å². The van der Waals surface area contributed by atoms with Crippen molar-refractivity contribution in [3.05, 3.63) is 74.4 Å². The van der Waals surface area contributed by atoms with E-state index in [0.717, 1.165) is 41.6 Å². The van der Waals surface area contributed by atoms with Crippen molar-refractivity contribution in [1.29, 1.82) is 0 Å². The number of nitrogens with zero attached hydrogens (tertiary/aromatic N) is 3. The first-order valence-electron chi connectivity index (χ1n) is 12.8. The lowest BCUT2D eigenvalue weighted by Crippen LogP contribution is -2.24. The number of hydrogen-bond donors (Lipinski definition) is 1. The third-order valence-corrected chi connectivity index (χ3v) is 8.55. The Morgan fingerprint density at radius 2 is 1.93 bits per heavy atom. The molecule has 0 saturated heterocycles. The Kier molecular flexibility index (Phi) is 8.32. The highest BCUT2D eigenvalue weighted by Crippen LogP contribution is 2.35. The van der Waals surface area contributed by atoms with Gasteiger partial charge in [0.1, 0.15) is 4.83 Å². The fourth-order valence-electron chi connectivity index (χ4n) is 4.55. The van der Waals surface area contributed by atoms with Crippen molar-refractivity contribution in [1.82, 2.24) is 15.0 Å². The Balaban J connectivity index is 1.35. The minimum atomic E-state index is -0.454. The summed E-state index contributed by atoms with van der Waals surface area (Å²) in [6.07, 6.45) is 5.53. The summed E-state index contributed by atoms with van der Waals surface area (Å²) in [5.74, 6) is -0.124. The molecule has 0 atom stereocenters. The zero-order valence-corrected chi connectivity index (χ0v) is 24.0. The number of aromatic nitrogens is 2. The molecule has 4 aromatic rings. The van der Waals surface area contributed by atoms with E-state index < -0.39 is 5.97 Å². The van der Waals surface area contributed by atoms with Crippen LogP contribution in [0.5, 0.6) is 11.5 Å². The molecule has 5 rings (SSSR count). The van der Waals surface area contributed by atoms with Gasteiger partial charge < -0.3 is 9.47 Å². The fourth-order valence-corrected chi connectivity index (χ4v) is 6.66. The molecule has 40 heavy (non-hydrogen) atoms. The van der Waals surface area contributed by atoms with Gasteiger partial charge in [-0.05, 0) is 74.1 Å². The summed E-state index contributed by atoms with van der Waals surface area (Å²) in [4.78, 5) is 44.6. The number of rotatable bonds is 8. The maximum Gasteiger partial charge on any atom is 0.308 e. The standard InChI is InChI=1S/C29H28N4O5S2/c1-17-8-11-20(12-9-17)33-28(36)26-21-6-4-5-7-24(21)40-27(26)31-29(33)39-16-25(35)32-30-15-19-10-13-22(38-18(2)34)23(14-19)37-3/h8-15H,4-7,16H2,1-3H3,(H,32,35)/b30-15-. The molecule has 2 heterocycles. The van der Waals surface area contributed by atoms with Gasteiger partial charge in [0.05, 0.1) is 30.2 Å². The SMILES string of the molecule is COc1cc(/C=N\NC(=O)CSc2nc3sc4c(c3c(=O)n2-c2ccc(C)cc2)CCCC4)ccc1OC(C)=O. The Labute approximate surface area is 239 Å². The molecule has 11 heteroatoms. The van der Waals surface area contributed by atoms with Crippen LogP contribution in [0.4, 0.5) is 0 Å². The zero-order valence-electron chi connectivity index (χ0n) is 22.4. The van der Waals surface area contributed by atoms with Crippen molar-refractivity contribution in [2.24, 2.45) is 5.10 Å². The number of carbonyl (C=O) groups is 2. The van der Waals surface area contributed by atoms with E-state index in [-0.39, 0.29) is 17.2 Å². The van der Waals surface area contributed by atoms with Crippen molar-refractivity contribution < 1.29 is 19.1 Å². The second-order valence-corrected chi connectivity index (χ2v) is 11.4. The van der Waals surface area contributed by atoms with Gasteiger partial charge >= 0.3 is 5.97 Å². The van der Waals surface area contributed by atoms with Crippen molar-refractivity contribution >= 4 is 51.4 Å². The van der Waals surface area contributed by atoms with E-state index in [1.807, 2.05) is 31.2 Å². The fraction of sp³-hybridized carbons (Fsp3) is 0.276. The van der Waals surface area contributed by atoms with Crippen LogP contribution < -0.4 is 20.5 Å². The Hall–Kier alpha value is -3.96. The first-order chi connectivity index (χ1) is 19.3. The summed E-state index contributed by atoms with van der Waals surface area (Å²) in [6.45, 7) is 3.30. The summed E-state index contributed by atoms with van der Waals surface area (Å²) in [5, 5.41) is 5.20. The van der Waals surface area contributed by atoms with Gasteiger partial charge in [-0.2, -0.15) is 5.10 Å². The lowest BCUT2D eigenvalue weighted by atomic mass is 9.97. The van der Waals surface area contributed by atoms with E-state index in [4.69, 9.17) is 14.5 Å². The highest BCUT2D eigenvalue weighted by molar-refractivity contribution is 7.99. The molecule has 0 saturated carbocycles. The third-order valence-electron chi connectivity index (χ3n) is 6.43. The van der Waals surface area contributed by atoms with Crippen molar-refractivity contribution in [2.75, 3.05) is 12.9 Å². The molecule has 1 aliphatic carbocycles. The second kappa shape index (κ2) is 12.1. The number of hydrazone groups is 1. The van der Waals surface area contributed by atoms with E-state index in [2.05, 4.69) is 10.5 Å². The zero-order chi connectivity index (χ0) is 28.2. The number of fused-ring (bicyclic) bond motifs is 3. The van der Waals surface area contributed by atoms with Crippen molar-refractivity contribution in [3.8, 4) is 17.2 Å². The Bertz CT molecular complexity index is 1670. The molecule has 0 fully saturated rings. The smallest absolute Gasteiger partial charge is 0.308 e. The molecule has 0 spiro atoms. The Morgan fingerprint density at radius 3 is 2.67 bits per heavy atom. The number of aryl methyl sites for hydroxylation is 3. The molecule has 2 aromatic carbocycles. The van der Waals surface area contributed by atoms with Gasteiger partial charge in [-0.1, -0.05) is 29.5 Å². The molecule has 0 radical (unpaired) electrons. The van der Waals surface area contributed by atoms with Crippen molar-refractivity contribution in [3.63, 3.8) is 0 Å². The van der Waals surface area contributed by atoms with Crippen LogP contribution >= 0.6 is 23.1 Å². The molecule has 1 N–H and O–H groups in total. The van der Waals surface area contributed by atoms with Gasteiger partial charge in [0.15, 0.2) is 16.7 Å². The van der Waals surface area contributed by atoms with Gasteiger partial charge in [0, 0.05) is 11.8 Å². The predicted molar refractivity (Wildman–Crippen MR) is 157 cm³/mol. The number of carbonyl (C=O) groups excluding carboxylic acids is 2. The number of thiophene rings is 1. The molecule has 0 bridgehead atoms. The van der Waals surface area contributed by atoms with E-state index in [9.17, 15) is 14.4 Å². The minimum Gasteiger partial charge on any atom is -0.493 e. The lowest BCUT2D eigenvalue weighted by molar-refractivity contribution is -0.132. The van der Waals surface area contributed by atoms with Crippen LogP contribution in [0.25, 0.3) is 15.9 Å². The van der Waals surface area contributed by atoms with E-state index in [1.54, 1.807) is 34.1 Å². The topological polar surface area (TPSA) is 112 Å². The van der Waals surface area contributed by atoms with E-state index in [1.165, 1.54) is 36.9 Å². The average Bonchev–Trinajstić information content (AvgIpc) is 3.32.